The van der Waals surface area contributed by atoms with Crippen LogP contribution in [0.25, 0.3) is 0 Å². The summed E-state index contributed by atoms with van der Waals surface area (Å²) in [6.45, 7) is 5.05. The third-order valence-electron chi connectivity index (χ3n) is 10.1. The molecule has 4 fully saturated rings. The van der Waals surface area contributed by atoms with E-state index in [2.05, 4.69) is 24.5 Å². The van der Waals surface area contributed by atoms with Crippen molar-refractivity contribution in [1.82, 2.24) is 10.6 Å². The molecule has 5 rings (SSSR count). The smallest absolute Gasteiger partial charge is 0.259 e. The second-order valence-corrected chi connectivity index (χ2v) is 11.8. The summed E-state index contributed by atoms with van der Waals surface area (Å²) in [6, 6.07) is -0.680. The predicted octanol–water partition coefficient (Wildman–Crippen LogP) is 3.21. The molecule has 10 atom stereocenters. The lowest BCUT2D eigenvalue weighted by Gasteiger charge is -2.44. The van der Waals surface area contributed by atoms with Crippen molar-refractivity contribution in [2.75, 3.05) is 6.54 Å². The summed E-state index contributed by atoms with van der Waals surface area (Å²) in [5.41, 5.74) is -0.187. The standard InChI is InChI=1S/C29H40N2O5/c1-3-16-12-18-13-20-19-6-4-8-24(34)30-11-5-7-21-28(35)27(29(36)31-21)22(32)10-9-17(19)14-23(33)26(20)25(18)15(16)2/h4,8-10,15-21,23,25-26,32-33H,3,5-7,11-14H2,1-2H3,(H,30,34)(H,31,36)/b8-4-,10-9-,27-22-/t15-,16-,17+,18+,19-,20+,21+,23-,25+,26-/m1/s1. The zero-order valence-electron chi connectivity index (χ0n) is 21.4. The summed E-state index contributed by atoms with van der Waals surface area (Å²) < 4.78 is 0. The van der Waals surface area contributed by atoms with Gasteiger partial charge in [-0.15, -0.1) is 0 Å². The van der Waals surface area contributed by atoms with Crippen LogP contribution in [-0.2, 0) is 14.4 Å². The monoisotopic (exact) mass is 496 g/mol. The molecule has 0 aromatic heterocycles. The van der Waals surface area contributed by atoms with E-state index in [9.17, 15) is 24.6 Å². The molecule has 0 unspecified atom stereocenters. The SMILES string of the molecule is CC[C@@H]1C[C@H]2C[C@H]3[C@@H]4C/C=C\C(=O)NCCC[C@@H]5NC(=O)/C(=C(O)/C=C\[C@H]4C[C@@H](O)[C@@H]3[C@H]2[C@@H]1C)C5=O. The summed E-state index contributed by atoms with van der Waals surface area (Å²) in [5.74, 6) is 1.94. The summed E-state index contributed by atoms with van der Waals surface area (Å²) in [6.07, 6.45) is 12.3. The molecular weight excluding hydrogens is 456 g/mol. The number of aliphatic hydroxyl groups excluding tert-OH is 2. The second-order valence-electron chi connectivity index (χ2n) is 11.8. The zero-order chi connectivity index (χ0) is 25.6. The summed E-state index contributed by atoms with van der Waals surface area (Å²) in [5, 5.41) is 27.6. The van der Waals surface area contributed by atoms with Crippen molar-refractivity contribution in [1.29, 1.82) is 0 Å². The first-order valence-corrected chi connectivity index (χ1v) is 13.9. The Kier molecular flexibility index (Phi) is 7.12. The zero-order valence-corrected chi connectivity index (χ0v) is 21.4. The molecule has 1 saturated heterocycles. The molecule has 5 aliphatic rings. The lowest BCUT2D eigenvalue weighted by Crippen LogP contribution is -2.43. The number of hydrogen-bond donors (Lipinski definition) is 4. The minimum Gasteiger partial charge on any atom is -0.507 e. The number of Topliss-reactive ketones (excluding diaryl/α,β-unsaturated/α-hetero) is 1. The van der Waals surface area contributed by atoms with E-state index in [0.717, 1.165) is 18.8 Å². The Bertz CT molecular complexity index is 1000. The largest absolute Gasteiger partial charge is 0.507 e. The summed E-state index contributed by atoms with van der Waals surface area (Å²) in [4.78, 5) is 37.6. The van der Waals surface area contributed by atoms with E-state index in [1.54, 1.807) is 6.08 Å². The van der Waals surface area contributed by atoms with Gasteiger partial charge in [0.05, 0.1) is 12.1 Å². The minimum absolute atomic E-state index is 0.0175. The maximum absolute atomic E-state index is 12.8. The lowest BCUT2D eigenvalue weighted by molar-refractivity contribution is -0.118. The number of allylic oxidation sites excluding steroid dienone is 3. The van der Waals surface area contributed by atoms with Gasteiger partial charge in [-0.1, -0.05) is 32.4 Å². The van der Waals surface area contributed by atoms with E-state index in [-0.39, 0.29) is 35.0 Å². The summed E-state index contributed by atoms with van der Waals surface area (Å²) >= 11 is 0. The quantitative estimate of drug-likeness (QED) is 0.416. The van der Waals surface area contributed by atoms with Crippen molar-refractivity contribution >= 4 is 17.6 Å². The first kappa shape index (κ1) is 25.2. The maximum atomic E-state index is 12.8. The van der Waals surface area contributed by atoms with Gasteiger partial charge in [0.15, 0.2) is 5.78 Å². The van der Waals surface area contributed by atoms with Crippen LogP contribution in [0.1, 0.15) is 58.8 Å². The number of fused-ring (bicyclic) bond motifs is 7. The molecule has 36 heavy (non-hydrogen) atoms. The van der Waals surface area contributed by atoms with Crippen LogP contribution < -0.4 is 10.6 Å². The van der Waals surface area contributed by atoms with E-state index in [1.165, 1.54) is 18.9 Å². The first-order valence-electron chi connectivity index (χ1n) is 13.9. The average molecular weight is 497 g/mol. The summed E-state index contributed by atoms with van der Waals surface area (Å²) in [7, 11) is 0. The molecule has 196 valence electrons. The molecule has 2 aliphatic heterocycles. The number of carbonyl (C=O) groups excluding carboxylic acids is 3. The molecule has 7 heteroatoms. The number of ketones is 1. The van der Waals surface area contributed by atoms with Crippen molar-refractivity contribution in [2.24, 2.45) is 47.3 Å². The van der Waals surface area contributed by atoms with Gasteiger partial charge < -0.3 is 20.8 Å². The average Bonchev–Trinajstić information content (AvgIpc) is 3.46. The molecular formula is C29H40N2O5. The van der Waals surface area contributed by atoms with Crippen molar-refractivity contribution in [3.05, 3.63) is 35.6 Å². The fourth-order valence-corrected chi connectivity index (χ4v) is 8.49. The third kappa shape index (κ3) is 4.44. The Hall–Kier alpha value is -2.41. The minimum atomic E-state index is -0.680. The molecule has 0 aromatic carbocycles. The Morgan fingerprint density at radius 1 is 1.06 bits per heavy atom. The molecule has 2 bridgehead atoms. The fourth-order valence-electron chi connectivity index (χ4n) is 8.49. The van der Waals surface area contributed by atoms with Gasteiger partial charge >= 0.3 is 0 Å². The lowest BCUT2D eigenvalue weighted by atomic mass is 9.62. The van der Waals surface area contributed by atoms with Gasteiger partial charge in [-0.3, -0.25) is 14.4 Å². The number of amides is 2. The molecule has 4 N–H and O–H groups in total. The van der Waals surface area contributed by atoms with Gasteiger partial charge in [-0.25, -0.2) is 0 Å². The number of rotatable bonds is 1. The highest BCUT2D eigenvalue weighted by atomic mass is 16.3. The number of aliphatic hydroxyl groups is 2. The Morgan fingerprint density at radius 2 is 1.86 bits per heavy atom. The van der Waals surface area contributed by atoms with E-state index in [4.69, 9.17) is 0 Å². The highest BCUT2D eigenvalue weighted by molar-refractivity contribution is 6.27. The van der Waals surface area contributed by atoms with Gasteiger partial charge in [0.2, 0.25) is 5.91 Å². The third-order valence-corrected chi connectivity index (χ3v) is 10.1. The Labute approximate surface area is 213 Å². The van der Waals surface area contributed by atoms with Crippen LogP contribution in [0, 0.1) is 47.3 Å². The van der Waals surface area contributed by atoms with E-state index in [1.807, 2.05) is 12.2 Å². The van der Waals surface area contributed by atoms with Crippen molar-refractivity contribution in [2.45, 2.75) is 70.9 Å². The van der Waals surface area contributed by atoms with Crippen LogP contribution in [0.2, 0.25) is 0 Å². The van der Waals surface area contributed by atoms with Crippen molar-refractivity contribution < 1.29 is 24.6 Å². The van der Waals surface area contributed by atoms with Crippen molar-refractivity contribution in [3.8, 4) is 0 Å². The molecule has 2 amide bonds. The van der Waals surface area contributed by atoms with Crippen LogP contribution in [0.5, 0.6) is 0 Å². The van der Waals surface area contributed by atoms with Gasteiger partial charge in [0, 0.05) is 6.54 Å². The predicted molar refractivity (Wildman–Crippen MR) is 135 cm³/mol. The molecule has 0 radical (unpaired) electrons. The maximum Gasteiger partial charge on any atom is 0.259 e. The topological polar surface area (TPSA) is 116 Å². The first-order chi connectivity index (χ1) is 17.3. The van der Waals surface area contributed by atoms with Crippen LogP contribution in [0.3, 0.4) is 0 Å². The highest BCUT2D eigenvalue weighted by Gasteiger charge is 2.57. The molecule has 0 spiro atoms. The van der Waals surface area contributed by atoms with E-state index in [0.29, 0.717) is 49.5 Å². The molecule has 3 aliphatic carbocycles. The Morgan fingerprint density at radius 3 is 2.64 bits per heavy atom. The molecule has 0 aromatic rings. The number of hydrogen-bond acceptors (Lipinski definition) is 5. The number of nitrogens with one attached hydrogen (secondary N) is 2. The van der Waals surface area contributed by atoms with Crippen LogP contribution >= 0.6 is 0 Å². The van der Waals surface area contributed by atoms with Crippen LogP contribution in [0.4, 0.5) is 0 Å². The molecule has 7 nitrogen and oxygen atoms in total. The van der Waals surface area contributed by atoms with Gasteiger partial charge in [0.25, 0.3) is 5.91 Å². The fraction of sp³-hybridized carbons (Fsp3) is 0.690. The van der Waals surface area contributed by atoms with Gasteiger partial charge in [-0.2, -0.15) is 0 Å². The number of carbonyl (C=O) groups is 3. The van der Waals surface area contributed by atoms with Gasteiger partial charge in [-0.05, 0) is 98.0 Å². The molecule has 2 heterocycles. The highest BCUT2D eigenvalue weighted by Crippen LogP contribution is 2.62. The normalized spacial score (nSPS) is 46.9. The van der Waals surface area contributed by atoms with E-state index < -0.39 is 23.8 Å². The van der Waals surface area contributed by atoms with Crippen molar-refractivity contribution in [3.63, 3.8) is 0 Å². The Balaban J connectivity index is 1.46. The second kappa shape index (κ2) is 10.2. The van der Waals surface area contributed by atoms with Crippen LogP contribution in [0.15, 0.2) is 35.6 Å². The van der Waals surface area contributed by atoms with E-state index >= 15 is 0 Å². The van der Waals surface area contributed by atoms with Crippen LogP contribution in [-0.4, -0.2) is 46.5 Å². The molecule has 3 saturated carbocycles. The van der Waals surface area contributed by atoms with Gasteiger partial charge in [0.1, 0.15) is 11.3 Å².